The predicted molar refractivity (Wildman–Crippen MR) is 123 cm³/mol. The number of nitrogens with zero attached hydrogens (tertiary/aromatic N) is 2. The van der Waals surface area contributed by atoms with E-state index >= 15 is 0 Å². The van der Waals surface area contributed by atoms with Crippen molar-refractivity contribution in [2.24, 2.45) is 0 Å². The van der Waals surface area contributed by atoms with Crippen molar-refractivity contribution < 1.29 is 9.59 Å². The first kappa shape index (κ1) is 23.1. The lowest BCUT2D eigenvalue weighted by Gasteiger charge is -2.32. The van der Waals surface area contributed by atoms with Crippen LogP contribution >= 0.6 is 23.2 Å². The van der Waals surface area contributed by atoms with Crippen LogP contribution in [0.25, 0.3) is 0 Å². The topological polar surface area (TPSA) is 90.1 Å². The van der Waals surface area contributed by atoms with E-state index in [4.69, 9.17) is 29.6 Å². The van der Waals surface area contributed by atoms with Gasteiger partial charge in [-0.05, 0) is 44.4 Å². The number of piperidine rings is 1. The van der Waals surface area contributed by atoms with E-state index in [1.54, 1.807) is 18.2 Å². The second-order valence-electron chi connectivity index (χ2n) is 7.45. The van der Waals surface area contributed by atoms with Gasteiger partial charge in [0.15, 0.2) is 5.69 Å². The molecule has 0 spiro atoms. The van der Waals surface area contributed by atoms with E-state index in [0.717, 1.165) is 51.7 Å². The molecule has 0 bridgehead atoms. The number of nitrogens with one attached hydrogen (secondary N) is 3. The highest BCUT2D eigenvalue weighted by Gasteiger charge is 2.24. The summed E-state index contributed by atoms with van der Waals surface area (Å²) in [6.45, 7) is 2.88. The molecule has 1 saturated heterocycles. The van der Waals surface area contributed by atoms with Crippen molar-refractivity contribution in [2.45, 2.75) is 38.1 Å². The summed E-state index contributed by atoms with van der Waals surface area (Å²) in [5, 5.41) is 12.8. The van der Waals surface area contributed by atoms with Crippen LogP contribution in [0.2, 0.25) is 10.0 Å². The molecular formula is C22H25Cl2N5O2. The summed E-state index contributed by atoms with van der Waals surface area (Å²) in [5.41, 5.74) is 0.533. The van der Waals surface area contributed by atoms with Gasteiger partial charge < -0.3 is 15.5 Å². The van der Waals surface area contributed by atoms with Gasteiger partial charge in [0.2, 0.25) is 0 Å². The number of benzene rings is 1. The molecule has 9 heteroatoms. The lowest BCUT2D eigenvalue weighted by molar-refractivity contribution is 0.0906. The first-order valence-electron chi connectivity index (χ1n) is 10.3. The second-order valence-corrected chi connectivity index (χ2v) is 8.26. The standard InChI is InChI=1S/C22H25Cl2N5O2/c1-2-3-4-5-11-29-12-9-15(10-13-29)26-22(31)20-18(14-25-28-20)27-21(30)19-16(23)7-6-8-17(19)24/h1,6-8,14-15H,3-5,9-13H2,(H,25,28)(H,26,31)(H,27,30). The molecule has 1 aliphatic rings. The highest BCUT2D eigenvalue weighted by molar-refractivity contribution is 6.40. The highest BCUT2D eigenvalue weighted by Crippen LogP contribution is 2.26. The van der Waals surface area contributed by atoms with E-state index in [0.29, 0.717) is 0 Å². The van der Waals surface area contributed by atoms with Crippen LogP contribution in [-0.2, 0) is 0 Å². The Morgan fingerprint density at radius 3 is 2.58 bits per heavy atom. The van der Waals surface area contributed by atoms with Crippen molar-refractivity contribution in [3.63, 3.8) is 0 Å². The number of unbranched alkanes of at least 4 members (excludes halogenated alkanes) is 2. The minimum Gasteiger partial charge on any atom is -0.348 e. The average Bonchev–Trinajstić information content (AvgIpc) is 3.20. The zero-order valence-electron chi connectivity index (χ0n) is 17.1. The molecule has 7 nitrogen and oxygen atoms in total. The van der Waals surface area contributed by atoms with E-state index in [-0.39, 0.29) is 38.9 Å². The molecule has 0 radical (unpaired) electrons. The number of aromatic amines is 1. The fraction of sp³-hybridized carbons (Fsp3) is 0.409. The van der Waals surface area contributed by atoms with Gasteiger partial charge in [-0.25, -0.2) is 0 Å². The third-order valence-electron chi connectivity index (χ3n) is 5.26. The van der Waals surface area contributed by atoms with Crippen molar-refractivity contribution in [3.05, 3.63) is 45.7 Å². The molecule has 164 valence electrons. The first-order valence-corrected chi connectivity index (χ1v) is 11.0. The Kier molecular flexibility index (Phi) is 8.35. The first-order chi connectivity index (χ1) is 15.0. The molecule has 31 heavy (non-hydrogen) atoms. The molecule has 2 heterocycles. The van der Waals surface area contributed by atoms with E-state index in [2.05, 4.69) is 31.7 Å². The quantitative estimate of drug-likeness (QED) is 0.409. The average molecular weight is 462 g/mol. The molecule has 0 atom stereocenters. The summed E-state index contributed by atoms with van der Waals surface area (Å²) in [5.74, 6) is 1.82. The Hall–Kier alpha value is -2.53. The van der Waals surface area contributed by atoms with Crippen LogP contribution in [-0.4, -0.2) is 52.6 Å². The zero-order chi connectivity index (χ0) is 22.2. The van der Waals surface area contributed by atoms with Crippen LogP contribution < -0.4 is 10.6 Å². The molecule has 3 N–H and O–H groups in total. The Morgan fingerprint density at radius 2 is 1.90 bits per heavy atom. The van der Waals surface area contributed by atoms with Gasteiger partial charge in [-0.3, -0.25) is 14.7 Å². The van der Waals surface area contributed by atoms with Gasteiger partial charge in [0.05, 0.1) is 21.3 Å². The van der Waals surface area contributed by atoms with Gasteiger partial charge in [-0.15, -0.1) is 12.3 Å². The number of hydrogen-bond donors (Lipinski definition) is 3. The fourth-order valence-electron chi connectivity index (χ4n) is 3.58. The number of aromatic nitrogens is 2. The third kappa shape index (κ3) is 6.23. The van der Waals surface area contributed by atoms with Gasteiger partial charge in [-0.2, -0.15) is 5.10 Å². The smallest absolute Gasteiger partial charge is 0.274 e. The molecule has 1 aliphatic heterocycles. The molecule has 1 aromatic heterocycles. The van der Waals surface area contributed by atoms with Crippen LogP contribution in [0.4, 0.5) is 5.69 Å². The SMILES string of the molecule is C#CCCCCN1CCC(NC(=O)c2n[nH]cc2NC(=O)c2c(Cl)cccc2Cl)CC1. The highest BCUT2D eigenvalue weighted by atomic mass is 35.5. The maximum absolute atomic E-state index is 12.7. The zero-order valence-corrected chi connectivity index (χ0v) is 18.6. The van der Waals surface area contributed by atoms with E-state index in [1.165, 1.54) is 6.20 Å². The third-order valence-corrected chi connectivity index (χ3v) is 5.89. The number of H-pyrrole nitrogens is 1. The van der Waals surface area contributed by atoms with Crippen LogP contribution in [0.3, 0.4) is 0 Å². The van der Waals surface area contributed by atoms with Crippen LogP contribution in [0.1, 0.15) is 53.0 Å². The fourth-order valence-corrected chi connectivity index (χ4v) is 4.14. The minimum atomic E-state index is -0.510. The van der Waals surface area contributed by atoms with E-state index in [9.17, 15) is 9.59 Å². The van der Waals surface area contributed by atoms with Crippen molar-refractivity contribution in [2.75, 3.05) is 25.0 Å². The largest absolute Gasteiger partial charge is 0.348 e. The minimum absolute atomic E-state index is 0.0627. The van der Waals surface area contributed by atoms with Crippen molar-refractivity contribution in [1.29, 1.82) is 0 Å². The van der Waals surface area contributed by atoms with Crippen LogP contribution in [0, 0.1) is 12.3 Å². The molecule has 0 aliphatic carbocycles. The Balaban J connectivity index is 1.53. The van der Waals surface area contributed by atoms with Gasteiger partial charge in [-0.1, -0.05) is 29.3 Å². The van der Waals surface area contributed by atoms with Gasteiger partial charge in [0.25, 0.3) is 11.8 Å². The van der Waals surface area contributed by atoms with Crippen molar-refractivity contribution >= 4 is 40.7 Å². The van der Waals surface area contributed by atoms with Crippen LogP contribution in [0.5, 0.6) is 0 Å². The Bertz CT molecular complexity index is 941. The number of hydrogen-bond acceptors (Lipinski definition) is 4. The second kappa shape index (κ2) is 11.2. The summed E-state index contributed by atoms with van der Waals surface area (Å²) < 4.78 is 0. The summed E-state index contributed by atoms with van der Waals surface area (Å²) in [4.78, 5) is 27.8. The predicted octanol–water partition coefficient (Wildman–Crippen LogP) is 3.97. The number of carbonyl (C=O) groups excluding carboxylic acids is 2. The maximum atomic E-state index is 12.7. The van der Waals surface area contributed by atoms with Gasteiger partial charge >= 0.3 is 0 Å². The molecule has 3 rings (SSSR count). The molecule has 0 unspecified atom stereocenters. The number of amides is 2. The Labute approximate surface area is 191 Å². The van der Waals surface area contributed by atoms with Crippen molar-refractivity contribution in [3.8, 4) is 12.3 Å². The molecule has 1 fully saturated rings. The van der Waals surface area contributed by atoms with Crippen molar-refractivity contribution in [1.82, 2.24) is 20.4 Å². The number of halogens is 2. The number of likely N-dealkylation sites (tertiary alicyclic amines) is 1. The summed E-state index contributed by atoms with van der Waals surface area (Å²) in [6.07, 6.45) is 11.4. The van der Waals surface area contributed by atoms with Gasteiger partial charge in [0, 0.05) is 31.7 Å². The molecule has 0 saturated carbocycles. The summed E-state index contributed by atoms with van der Waals surface area (Å²) in [6, 6.07) is 4.87. The maximum Gasteiger partial charge on any atom is 0.274 e. The molecule has 2 amide bonds. The van der Waals surface area contributed by atoms with E-state index < -0.39 is 5.91 Å². The molecule has 1 aromatic carbocycles. The number of terminal acetylenes is 1. The number of anilines is 1. The van der Waals surface area contributed by atoms with E-state index in [1.807, 2.05) is 0 Å². The van der Waals surface area contributed by atoms with Crippen LogP contribution in [0.15, 0.2) is 24.4 Å². The normalized spacial score (nSPS) is 14.7. The number of carbonyl (C=O) groups is 2. The lowest BCUT2D eigenvalue weighted by atomic mass is 10.0. The summed E-state index contributed by atoms with van der Waals surface area (Å²) >= 11 is 12.2. The van der Waals surface area contributed by atoms with Gasteiger partial charge in [0.1, 0.15) is 0 Å². The number of rotatable bonds is 8. The summed E-state index contributed by atoms with van der Waals surface area (Å²) in [7, 11) is 0. The monoisotopic (exact) mass is 461 g/mol. The lowest BCUT2D eigenvalue weighted by Crippen LogP contribution is -2.45. The molecular weight excluding hydrogens is 437 g/mol. The molecule has 2 aromatic rings. The Morgan fingerprint density at radius 1 is 1.19 bits per heavy atom.